The molecule has 8 heteroatoms. The molecular weight excluding hydrogens is 365 g/mol. The minimum absolute atomic E-state index is 0. The molecule has 132 valence electrons. The van der Waals surface area contributed by atoms with Gasteiger partial charge < -0.3 is 20.0 Å². The molecule has 2 aliphatic rings. The van der Waals surface area contributed by atoms with Crippen molar-refractivity contribution in [2.45, 2.75) is 39.2 Å². The number of carbonyl (C=O) groups excluding carboxylic acids is 1. The molecule has 0 aliphatic carbocycles. The van der Waals surface area contributed by atoms with Crippen LogP contribution in [0.4, 0.5) is 20.3 Å². The molecule has 0 N–H and O–H groups in total. The molecule has 3 heterocycles. The van der Waals surface area contributed by atoms with E-state index in [1.165, 1.54) is 6.07 Å². The number of aromatic nitrogens is 2. The summed E-state index contributed by atoms with van der Waals surface area (Å²) in [5.41, 5.74) is 3.70. The largest absolute Gasteiger partial charge is 1.00 e. The van der Waals surface area contributed by atoms with Crippen LogP contribution in [0.25, 0.3) is 0 Å². The Balaban J connectivity index is 0.00000196. The average Bonchev–Trinajstić information content (AvgIpc) is 3.03. The first-order valence-electron chi connectivity index (χ1n) is 8.49. The van der Waals surface area contributed by atoms with Crippen LogP contribution in [0.15, 0.2) is 18.2 Å². The monoisotopic (exact) mass is 384 g/mol. The van der Waals surface area contributed by atoms with Gasteiger partial charge in [0.2, 0.25) is 5.91 Å². The van der Waals surface area contributed by atoms with Gasteiger partial charge in [-0.05, 0) is 36.5 Å². The molecule has 2 aromatic rings. The fourth-order valence-electron chi connectivity index (χ4n) is 3.66. The maximum atomic E-state index is 13.1. The third-order valence-electron chi connectivity index (χ3n) is 5.03. The van der Waals surface area contributed by atoms with Gasteiger partial charge in [0.05, 0.1) is 0 Å². The summed E-state index contributed by atoms with van der Waals surface area (Å²) in [5, 5.41) is 8.62. The van der Waals surface area contributed by atoms with Crippen LogP contribution in [-0.2, 0) is 24.2 Å². The maximum absolute atomic E-state index is 13.1. The summed E-state index contributed by atoms with van der Waals surface area (Å²) in [6.07, 6.45) is -0.0220. The van der Waals surface area contributed by atoms with Crippen LogP contribution in [0.1, 0.15) is 42.2 Å². The molecule has 2 aliphatic heterocycles. The van der Waals surface area contributed by atoms with Gasteiger partial charge in [-0.3, -0.25) is 4.79 Å². The smallest absolute Gasteiger partial charge is 0.577 e. The predicted molar refractivity (Wildman–Crippen MR) is 89.1 cm³/mol. The van der Waals surface area contributed by atoms with Crippen molar-refractivity contribution in [3.63, 3.8) is 0 Å². The summed E-state index contributed by atoms with van der Waals surface area (Å²) in [7, 11) is 0. The number of alkyl halides is 2. The van der Waals surface area contributed by atoms with Gasteiger partial charge in [-0.2, -0.15) is 0 Å². The van der Waals surface area contributed by atoms with E-state index in [1.807, 2.05) is 4.90 Å². The van der Waals surface area contributed by atoms with Crippen molar-refractivity contribution in [1.82, 2.24) is 15.1 Å². The van der Waals surface area contributed by atoms with Crippen molar-refractivity contribution in [1.29, 1.82) is 0 Å². The van der Waals surface area contributed by atoms with Gasteiger partial charge >= 0.3 is 51.4 Å². The van der Waals surface area contributed by atoms with E-state index in [4.69, 9.17) is 0 Å². The zero-order valence-electron chi connectivity index (χ0n) is 15.0. The summed E-state index contributed by atoms with van der Waals surface area (Å²) in [6, 6.07) is 4.84. The van der Waals surface area contributed by atoms with Gasteiger partial charge in [0.15, 0.2) is 0 Å². The van der Waals surface area contributed by atoms with E-state index in [9.17, 15) is 13.6 Å². The minimum Gasteiger partial charge on any atom is -0.577 e. The van der Waals surface area contributed by atoms with E-state index in [0.717, 1.165) is 35.3 Å². The number of benzene rings is 1. The fraction of sp³-hybridized carbons (Fsp3) is 0.444. The van der Waals surface area contributed by atoms with E-state index in [2.05, 4.69) is 10.2 Å². The van der Waals surface area contributed by atoms with Crippen molar-refractivity contribution < 1.29 is 65.0 Å². The van der Waals surface area contributed by atoms with Gasteiger partial charge in [0, 0.05) is 37.8 Å². The van der Waals surface area contributed by atoms with Crippen LogP contribution >= 0.6 is 0 Å². The van der Waals surface area contributed by atoms with Crippen molar-refractivity contribution >= 4 is 17.4 Å². The Labute approximate surface area is 193 Å². The SMILES string of the molecule is CC(=O)N1CCc2[n-]nc(N3CCCc4ccc(C(F)F)cc43)c2C1.[K+]. The zero-order valence-corrected chi connectivity index (χ0v) is 18.1. The average molecular weight is 384 g/mol. The molecule has 0 unspecified atom stereocenters. The molecule has 1 aromatic carbocycles. The number of nitrogens with zero attached hydrogens (tertiary/aromatic N) is 4. The van der Waals surface area contributed by atoms with Crippen molar-refractivity contribution in [2.75, 3.05) is 18.0 Å². The number of rotatable bonds is 2. The number of carbonyl (C=O) groups is 1. The summed E-state index contributed by atoms with van der Waals surface area (Å²) in [5.74, 6) is 0.727. The van der Waals surface area contributed by atoms with Gasteiger partial charge in [-0.1, -0.05) is 12.1 Å². The Bertz CT molecular complexity index is 824. The molecule has 0 spiro atoms. The van der Waals surface area contributed by atoms with Crippen molar-refractivity contribution in [2.24, 2.45) is 0 Å². The molecule has 1 aromatic heterocycles. The van der Waals surface area contributed by atoms with Crippen molar-refractivity contribution in [3.05, 3.63) is 40.6 Å². The first kappa shape index (κ1) is 19.9. The molecule has 0 saturated heterocycles. The molecule has 0 saturated carbocycles. The van der Waals surface area contributed by atoms with E-state index >= 15 is 0 Å². The van der Waals surface area contributed by atoms with Crippen LogP contribution in [0.5, 0.6) is 0 Å². The molecule has 4 rings (SSSR count). The van der Waals surface area contributed by atoms with Crippen LogP contribution in [-0.4, -0.2) is 29.0 Å². The standard InChI is InChI=1S/C18H19F2N4O.K/c1-11(25)23-8-6-15-14(10-23)18(22-21-15)24-7-2-3-12-4-5-13(17(19)20)9-16(12)24;/h4-5,9,17H,2-3,6-8,10H2,1H3;/q-1;+1. The van der Waals surface area contributed by atoms with E-state index < -0.39 is 6.43 Å². The summed E-state index contributed by atoms with van der Waals surface area (Å²) in [6.45, 7) is 3.39. The molecule has 0 atom stereocenters. The van der Waals surface area contributed by atoms with Gasteiger partial charge in [0.1, 0.15) is 5.82 Å². The van der Waals surface area contributed by atoms with Gasteiger partial charge in [0.25, 0.3) is 6.43 Å². The second kappa shape index (κ2) is 8.06. The summed E-state index contributed by atoms with van der Waals surface area (Å²) >= 11 is 0. The normalized spacial score (nSPS) is 16.2. The third-order valence-corrected chi connectivity index (χ3v) is 5.03. The topological polar surface area (TPSA) is 50.5 Å². The number of halogens is 2. The van der Waals surface area contributed by atoms with Gasteiger partial charge in [-0.15, -0.1) is 5.69 Å². The minimum atomic E-state index is -2.50. The molecule has 26 heavy (non-hydrogen) atoms. The zero-order chi connectivity index (χ0) is 17.6. The number of amides is 1. The van der Waals surface area contributed by atoms with Crippen LogP contribution in [0.2, 0.25) is 0 Å². The maximum Gasteiger partial charge on any atom is 1.00 e. The molecule has 0 radical (unpaired) electrons. The predicted octanol–water partition coefficient (Wildman–Crippen LogP) is -0.0307. The Morgan fingerprint density at radius 1 is 1.27 bits per heavy atom. The number of hydrogen-bond acceptors (Lipinski definition) is 3. The molecule has 1 amide bonds. The first-order chi connectivity index (χ1) is 12.0. The number of hydrogen-bond donors (Lipinski definition) is 0. The van der Waals surface area contributed by atoms with Crippen LogP contribution < -0.4 is 61.4 Å². The quantitative estimate of drug-likeness (QED) is 0.683. The first-order valence-corrected chi connectivity index (χ1v) is 8.49. The summed E-state index contributed by atoms with van der Waals surface area (Å²) < 4.78 is 26.3. The number of fused-ring (bicyclic) bond motifs is 2. The fourth-order valence-corrected chi connectivity index (χ4v) is 3.66. The molecular formula is C18H19F2KN4O. The Morgan fingerprint density at radius 2 is 2.08 bits per heavy atom. The van der Waals surface area contributed by atoms with E-state index in [-0.39, 0.29) is 62.9 Å². The Hall–Kier alpha value is -0.804. The number of aryl methyl sites for hydroxylation is 1. The Kier molecular flexibility index (Phi) is 6.18. The Morgan fingerprint density at radius 3 is 2.81 bits per heavy atom. The van der Waals surface area contributed by atoms with Crippen molar-refractivity contribution in [3.8, 4) is 0 Å². The van der Waals surface area contributed by atoms with Crippen LogP contribution in [0.3, 0.4) is 0 Å². The second-order valence-corrected chi connectivity index (χ2v) is 6.58. The molecule has 0 bridgehead atoms. The van der Waals surface area contributed by atoms with Gasteiger partial charge in [-0.25, -0.2) is 8.78 Å². The van der Waals surface area contributed by atoms with Crippen LogP contribution in [0, 0.1) is 0 Å². The summed E-state index contributed by atoms with van der Waals surface area (Å²) in [4.78, 5) is 15.5. The number of anilines is 2. The van der Waals surface area contributed by atoms with E-state index in [1.54, 1.807) is 24.0 Å². The second-order valence-electron chi connectivity index (χ2n) is 6.58. The van der Waals surface area contributed by atoms with E-state index in [0.29, 0.717) is 31.9 Å². The molecule has 5 nitrogen and oxygen atoms in total. The third kappa shape index (κ3) is 3.62. The molecule has 0 fully saturated rings.